The van der Waals surface area contributed by atoms with E-state index in [0.717, 1.165) is 11.1 Å². The SMILES string of the molecule is N[C@@H](CSCc1ccc2cccc(O)c2n1)C(=O)O. The van der Waals surface area contributed by atoms with Gasteiger partial charge in [-0.3, -0.25) is 4.79 Å². The molecule has 0 spiro atoms. The van der Waals surface area contributed by atoms with E-state index in [1.54, 1.807) is 12.1 Å². The first-order valence-corrected chi connectivity index (χ1v) is 6.87. The van der Waals surface area contributed by atoms with Crippen molar-refractivity contribution >= 4 is 28.6 Å². The maximum Gasteiger partial charge on any atom is 0.321 e. The van der Waals surface area contributed by atoms with Gasteiger partial charge in [-0.2, -0.15) is 11.8 Å². The van der Waals surface area contributed by atoms with Gasteiger partial charge in [0.2, 0.25) is 0 Å². The molecule has 0 saturated carbocycles. The second-order valence-corrected chi connectivity index (χ2v) is 5.14. The largest absolute Gasteiger partial charge is 0.506 e. The zero-order valence-corrected chi connectivity index (χ0v) is 10.9. The molecular formula is C13H14N2O3S. The summed E-state index contributed by atoms with van der Waals surface area (Å²) in [7, 11) is 0. The van der Waals surface area contributed by atoms with Crippen LogP contribution in [0.3, 0.4) is 0 Å². The average molecular weight is 278 g/mol. The average Bonchev–Trinajstić information content (AvgIpc) is 2.39. The van der Waals surface area contributed by atoms with Gasteiger partial charge in [0.25, 0.3) is 0 Å². The summed E-state index contributed by atoms with van der Waals surface area (Å²) in [5.74, 6) is 0.0318. The molecule has 2 aromatic rings. The number of hydrogen-bond acceptors (Lipinski definition) is 5. The van der Waals surface area contributed by atoms with E-state index in [2.05, 4.69) is 4.98 Å². The minimum absolute atomic E-state index is 0.145. The highest BCUT2D eigenvalue weighted by Crippen LogP contribution is 2.23. The first-order valence-electron chi connectivity index (χ1n) is 5.71. The van der Waals surface area contributed by atoms with Crippen LogP contribution in [0.15, 0.2) is 30.3 Å². The van der Waals surface area contributed by atoms with E-state index < -0.39 is 12.0 Å². The molecule has 0 radical (unpaired) electrons. The third-order valence-electron chi connectivity index (χ3n) is 2.62. The fourth-order valence-corrected chi connectivity index (χ4v) is 2.50. The van der Waals surface area contributed by atoms with E-state index >= 15 is 0 Å². The summed E-state index contributed by atoms with van der Waals surface area (Å²) in [5, 5.41) is 19.3. The normalized spacial score (nSPS) is 12.5. The Morgan fingerprint density at radius 1 is 1.37 bits per heavy atom. The molecule has 1 heterocycles. The summed E-state index contributed by atoms with van der Waals surface area (Å²) in [6.07, 6.45) is 0. The zero-order valence-electron chi connectivity index (χ0n) is 10.1. The second kappa shape index (κ2) is 5.90. The Kier molecular flexibility index (Phi) is 4.24. The Labute approximate surface area is 114 Å². The Balaban J connectivity index is 2.05. The number of phenolic OH excluding ortho intramolecular Hbond substituents is 1. The molecule has 0 aliphatic heterocycles. The van der Waals surface area contributed by atoms with Crippen LogP contribution in [-0.2, 0) is 10.5 Å². The lowest BCUT2D eigenvalue weighted by Crippen LogP contribution is -2.32. The van der Waals surface area contributed by atoms with E-state index in [1.807, 2.05) is 18.2 Å². The molecule has 1 aromatic carbocycles. The fraction of sp³-hybridized carbons (Fsp3) is 0.231. The number of aliphatic carboxylic acids is 1. The first-order chi connectivity index (χ1) is 9.08. The van der Waals surface area contributed by atoms with Gasteiger partial charge in [0.1, 0.15) is 17.3 Å². The van der Waals surface area contributed by atoms with Gasteiger partial charge >= 0.3 is 5.97 Å². The van der Waals surface area contributed by atoms with Gasteiger partial charge in [0.05, 0.1) is 5.69 Å². The van der Waals surface area contributed by atoms with Crippen molar-refractivity contribution < 1.29 is 15.0 Å². The van der Waals surface area contributed by atoms with Crippen LogP contribution < -0.4 is 5.73 Å². The Bertz CT molecular complexity index is 603. The summed E-state index contributed by atoms with van der Waals surface area (Å²) in [6, 6.07) is 8.11. The van der Waals surface area contributed by atoms with Crippen LogP contribution in [-0.4, -0.2) is 33.0 Å². The molecule has 0 aliphatic carbocycles. The summed E-state index contributed by atoms with van der Waals surface area (Å²) < 4.78 is 0. The molecule has 0 aliphatic rings. The van der Waals surface area contributed by atoms with E-state index in [4.69, 9.17) is 10.8 Å². The predicted octanol–water partition coefficient (Wildman–Crippen LogP) is 1.59. The van der Waals surface area contributed by atoms with Gasteiger partial charge in [-0.15, -0.1) is 0 Å². The summed E-state index contributed by atoms with van der Waals surface area (Å²) in [4.78, 5) is 14.9. The van der Waals surface area contributed by atoms with Crippen molar-refractivity contribution in [2.45, 2.75) is 11.8 Å². The number of hydrogen-bond donors (Lipinski definition) is 3. The number of carbonyl (C=O) groups is 1. The molecule has 0 unspecified atom stereocenters. The van der Waals surface area contributed by atoms with Crippen molar-refractivity contribution in [3.8, 4) is 5.75 Å². The molecule has 0 bridgehead atoms. The van der Waals surface area contributed by atoms with Crippen LogP contribution in [0, 0.1) is 0 Å². The monoisotopic (exact) mass is 278 g/mol. The molecule has 0 fully saturated rings. The number of thioether (sulfide) groups is 1. The van der Waals surface area contributed by atoms with Crippen LogP contribution in [0.25, 0.3) is 10.9 Å². The lowest BCUT2D eigenvalue weighted by molar-refractivity contribution is -0.137. The van der Waals surface area contributed by atoms with Gasteiger partial charge in [0, 0.05) is 16.9 Å². The second-order valence-electron chi connectivity index (χ2n) is 4.11. The Hall–Kier alpha value is -1.79. The highest BCUT2D eigenvalue weighted by atomic mass is 32.2. The molecule has 2 rings (SSSR count). The number of aromatic nitrogens is 1. The van der Waals surface area contributed by atoms with Crippen molar-refractivity contribution in [3.05, 3.63) is 36.0 Å². The number of benzene rings is 1. The van der Waals surface area contributed by atoms with Crippen molar-refractivity contribution in [2.75, 3.05) is 5.75 Å². The van der Waals surface area contributed by atoms with E-state index in [9.17, 15) is 9.90 Å². The number of rotatable bonds is 5. The number of pyridine rings is 1. The Morgan fingerprint density at radius 2 is 2.16 bits per heavy atom. The number of aromatic hydroxyl groups is 1. The molecule has 0 amide bonds. The smallest absolute Gasteiger partial charge is 0.321 e. The van der Waals surface area contributed by atoms with Gasteiger partial charge in [0.15, 0.2) is 0 Å². The number of para-hydroxylation sites is 1. The van der Waals surface area contributed by atoms with Crippen LogP contribution in [0.5, 0.6) is 5.75 Å². The van der Waals surface area contributed by atoms with E-state index in [0.29, 0.717) is 17.0 Å². The number of carboxylic acids is 1. The van der Waals surface area contributed by atoms with E-state index in [-0.39, 0.29) is 5.75 Å². The van der Waals surface area contributed by atoms with Crippen molar-refractivity contribution in [1.29, 1.82) is 0 Å². The highest BCUT2D eigenvalue weighted by molar-refractivity contribution is 7.98. The molecular weight excluding hydrogens is 264 g/mol. The number of carboxylic acid groups (broad SMARTS) is 1. The molecule has 4 N–H and O–H groups in total. The molecule has 100 valence electrons. The van der Waals surface area contributed by atoms with Crippen LogP contribution in [0.4, 0.5) is 0 Å². The van der Waals surface area contributed by atoms with Gasteiger partial charge < -0.3 is 15.9 Å². The van der Waals surface area contributed by atoms with E-state index in [1.165, 1.54) is 11.8 Å². The molecule has 1 atom stereocenters. The predicted molar refractivity (Wildman–Crippen MR) is 75.2 cm³/mol. The number of fused-ring (bicyclic) bond motifs is 1. The summed E-state index contributed by atoms with van der Waals surface area (Å²) >= 11 is 1.41. The lowest BCUT2D eigenvalue weighted by atomic mass is 10.2. The summed E-state index contributed by atoms with van der Waals surface area (Å²) in [5.41, 5.74) is 6.76. The molecule has 5 nitrogen and oxygen atoms in total. The van der Waals surface area contributed by atoms with Gasteiger partial charge in [-0.05, 0) is 12.1 Å². The lowest BCUT2D eigenvalue weighted by Gasteiger charge is -2.07. The number of nitrogens with two attached hydrogens (primary N) is 1. The number of nitrogens with zero attached hydrogens (tertiary/aromatic N) is 1. The van der Waals surface area contributed by atoms with Crippen molar-refractivity contribution in [3.63, 3.8) is 0 Å². The summed E-state index contributed by atoms with van der Waals surface area (Å²) in [6.45, 7) is 0. The zero-order chi connectivity index (χ0) is 13.8. The van der Waals surface area contributed by atoms with Crippen LogP contribution in [0.1, 0.15) is 5.69 Å². The quantitative estimate of drug-likeness (QED) is 0.768. The first kappa shape index (κ1) is 13.6. The molecule has 19 heavy (non-hydrogen) atoms. The Morgan fingerprint density at radius 3 is 2.89 bits per heavy atom. The van der Waals surface area contributed by atoms with Crippen LogP contribution in [0.2, 0.25) is 0 Å². The van der Waals surface area contributed by atoms with Gasteiger partial charge in [-0.1, -0.05) is 18.2 Å². The molecule has 1 aromatic heterocycles. The standard InChI is InChI=1S/C13H14N2O3S/c14-10(13(17)18)7-19-6-9-5-4-8-2-1-3-11(16)12(8)15-9/h1-5,10,16H,6-7,14H2,(H,17,18)/t10-/m0/s1. The highest BCUT2D eigenvalue weighted by Gasteiger charge is 2.11. The molecule has 6 heteroatoms. The number of phenols is 1. The van der Waals surface area contributed by atoms with Crippen molar-refractivity contribution in [2.24, 2.45) is 5.73 Å². The van der Waals surface area contributed by atoms with Gasteiger partial charge in [-0.25, -0.2) is 4.98 Å². The van der Waals surface area contributed by atoms with Crippen molar-refractivity contribution in [1.82, 2.24) is 4.98 Å². The maximum atomic E-state index is 10.6. The third kappa shape index (κ3) is 3.36. The maximum absolute atomic E-state index is 10.6. The third-order valence-corrected chi connectivity index (χ3v) is 3.72. The molecule has 0 saturated heterocycles. The minimum atomic E-state index is -1.00. The topological polar surface area (TPSA) is 96.4 Å². The van der Waals surface area contributed by atoms with Crippen LogP contribution >= 0.6 is 11.8 Å². The minimum Gasteiger partial charge on any atom is -0.506 e. The fourth-order valence-electron chi connectivity index (χ4n) is 1.61.